The lowest BCUT2D eigenvalue weighted by Gasteiger charge is -2.27. The smallest absolute Gasteiger partial charge is 0.295 e. The first-order valence-corrected chi connectivity index (χ1v) is 11.0. The third-order valence-corrected chi connectivity index (χ3v) is 6.20. The lowest BCUT2D eigenvalue weighted by atomic mass is 9.93. The van der Waals surface area contributed by atoms with Gasteiger partial charge in [0.25, 0.3) is 11.7 Å². The van der Waals surface area contributed by atoms with Crippen LogP contribution in [-0.4, -0.2) is 73.0 Å². The molecule has 1 saturated heterocycles. The van der Waals surface area contributed by atoms with Gasteiger partial charge in [0.2, 0.25) is 0 Å². The first-order valence-electron chi connectivity index (χ1n) is 11.0. The molecular formula is C26H29N3O5. The number of amides is 1. The van der Waals surface area contributed by atoms with Crippen molar-refractivity contribution in [2.24, 2.45) is 0 Å². The van der Waals surface area contributed by atoms with Crippen molar-refractivity contribution >= 4 is 28.4 Å². The molecule has 0 aliphatic carbocycles. The van der Waals surface area contributed by atoms with Crippen LogP contribution in [0.15, 0.2) is 48.0 Å². The first kappa shape index (κ1) is 23.4. The maximum absolute atomic E-state index is 13.3. The van der Waals surface area contributed by atoms with Crippen molar-refractivity contribution in [2.75, 3.05) is 41.4 Å². The van der Waals surface area contributed by atoms with E-state index < -0.39 is 17.7 Å². The van der Waals surface area contributed by atoms with Gasteiger partial charge < -0.3 is 29.4 Å². The number of ketones is 1. The van der Waals surface area contributed by atoms with E-state index in [1.54, 1.807) is 23.1 Å². The van der Waals surface area contributed by atoms with E-state index in [4.69, 9.17) is 9.47 Å². The van der Waals surface area contributed by atoms with Gasteiger partial charge in [-0.3, -0.25) is 9.59 Å². The second-order valence-electron chi connectivity index (χ2n) is 8.57. The number of nitrogens with zero attached hydrogens (tertiary/aromatic N) is 2. The standard InChI is InChI=1S/C26H29N3O5/c1-15-21(17-8-6-7-9-18(17)27-15)23-22(25(31)26(32)29(23)13-12-28(2)3)24(30)16-10-11-19(33-4)20(14-16)34-5/h6-11,14,23,27,30H,12-13H2,1-5H3/b24-22+. The van der Waals surface area contributed by atoms with Crippen LogP contribution in [0, 0.1) is 6.92 Å². The minimum absolute atomic E-state index is 0.0591. The molecule has 8 heteroatoms. The van der Waals surface area contributed by atoms with Crippen LogP contribution in [-0.2, 0) is 9.59 Å². The van der Waals surface area contributed by atoms with Gasteiger partial charge in [-0.25, -0.2) is 0 Å². The number of Topliss-reactive ketones (excluding diaryl/α,β-unsaturated/α-hetero) is 1. The number of aromatic amines is 1. The Morgan fingerprint density at radius 3 is 2.47 bits per heavy atom. The highest BCUT2D eigenvalue weighted by molar-refractivity contribution is 6.46. The maximum Gasteiger partial charge on any atom is 0.295 e. The monoisotopic (exact) mass is 463 g/mol. The summed E-state index contributed by atoms with van der Waals surface area (Å²) in [6, 6.07) is 11.9. The molecule has 1 unspecified atom stereocenters. The number of carbonyl (C=O) groups excluding carboxylic acids is 2. The van der Waals surface area contributed by atoms with E-state index in [-0.39, 0.29) is 11.3 Å². The fourth-order valence-electron chi connectivity index (χ4n) is 4.51. The quantitative estimate of drug-likeness (QED) is 0.317. The van der Waals surface area contributed by atoms with Crippen molar-refractivity contribution in [1.29, 1.82) is 0 Å². The summed E-state index contributed by atoms with van der Waals surface area (Å²) in [6.07, 6.45) is 0. The van der Waals surface area contributed by atoms with Gasteiger partial charge in [-0.15, -0.1) is 0 Å². The number of nitrogens with one attached hydrogen (secondary N) is 1. The number of likely N-dealkylation sites (N-methyl/N-ethyl adjacent to an activating group) is 1. The number of aliphatic hydroxyl groups excluding tert-OH is 1. The number of rotatable bonds is 7. The molecule has 178 valence electrons. The van der Waals surface area contributed by atoms with E-state index >= 15 is 0 Å². The minimum Gasteiger partial charge on any atom is -0.507 e. The van der Waals surface area contributed by atoms with Gasteiger partial charge in [0, 0.05) is 40.8 Å². The summed E-state index contributed by atoms with van der Waals surface area (Å²) >= 11 is 0. The molecule has 4 rings (SSSR count). The lowest BCUT2D eigenvalue weighted by Crippen LogP contribution is -2.35. The average molecular weight is 464 g/mol. The molecule has 2 N–H and O–H groups in total. The summed E-state index contributed by atoms with van der Waals surface area (Å²) in [5.41, 5.74) is 2.96. The number of aromatic nitrogens is 1. The van der Waals surface area contributed by atoms with E-state index in [1.807, 2.05) is 50.2 Å². The number of H-pyrrole nitrogens is 1. The summed E-state index contributed by atoms with van der Waals surface area (Å²) in [5.74, 6) is -0.677. The number of hydrogen-bond donors (Lipinski definition) is 2. The molecule has 1 amide bonds. The molecule has 0 radical (unpaired) electrons. The third-order valence-electron chi connectivity index (χ3n) is 6.20. The van der Waals surface area contributed by atoms with Crippen LogP contribution < -0.4 is 9.47 Å². The Morgan fingerprint density at radius 2 is 1.79 bits per heavy atom. The molecule has 2 aromatic carbocycles. The minimum atomic E-state index is -0.732. The van der Waals surface area contributed by atoms with Gasteiger partial charge in [0.15, 0.2) is 11.5 Å². The summed E-state index contributed by atoms with van der Waals surface area (Å²) < 4.78 is 10.7. The zero-order valence-corrected chi connectivity index (χ0v) is 20.0. The molecule has 0 bridgehead atoms. The number of ether oxygens (including phenoxy) is 2. The predicted molar refractivity (Wildman–Crippen MR) is 130 cm³/mol. The number of carbonyl (C=O) groups is 2. The second-order valence-corrected chi connectivity index (χ2v) is 8.57. The Balaban J connectivity index is 1.95. The van der Waals surface area contributed by atoms with Gasteiger partial charge in [0.05, 0.1) is 25.8 Å². The van der Waals surface area contributed by atoms with Crippen molar-refractivity contribution in [3.05, 3.63) is 64.9 Å². The molecule has 8 nitrogen and oxygen atoms in total. The Bertz CT molecular complexity index is 1290. The number of likely N-dealkylation sites (tertiary alicyclic amines) is 1. The van der Waals surface area contributed by atoms with Crippen molar-refractivity contribution in [3.8, 4) is 11.5 Å². The van der Waals surface area contributed by atoms with Crippen molar-refractivity contribution in [3.63, 3.8) is 0 Å². The molecular weight excluding hydrogens is 434 g/mol. The zero-order valence-electron chi connectivity index (χ0n) is 20.0. The number of methoxy groups -OCH3 is 2. The van der Waals surface area contributed by atoms with Gasteiger partial charge in [-0.2, -0.15) is 0 Å². The summed E-state index contributed by atoms with van der Waals surface area (Å²) in [7, 11) is 6.84. The normalized spacial score (nSPS) is 17.7. The number of aryl methyl sites for hydroxylation is 1. The fraction of sp³-hybridized carbons (Fsp3) is 0.308. The van der Waals surface area contributed by atoms with Crippen LogP contribution in [0.5, 0.6) is 11.5 Å². The highest BCUT2D eigenvalue weighted by Gasteiger charge is 2.47. The third kappa shape index (κ3) is 3.90. The molecule has 1 aliphatic heterocycles. The number of fused-ring (bicyclic) bond motifs is 1. The SMILES string of the molecule is COc1ccc(/C(O)=C2\C(=O)C(=O)N(CCN(C)C)C2c2c(C)[nH]c3ccccc23)cc1OC. The van der Waals surface area contributed by atoms with Gasteiger partial charge >= 0.3 is 0 Å². The molecule has 2 heterocycles. The lowest BCUT2D eigenvalue weighted by molar-refractivity contribution is -0.140. The molecule has 1 fully saturated rings. The predicted octanol–water partition coefficient (Wildman–Crippen LogP) is 3.48. The topological polar surface area (TPSA) is 95.1 Å². The van der Waals surface area contributed by atoms with Crippen molar-refractivity contribution in [2.45, 2.75) is 13.0 Å². The van der Waals surface area contributed by atoms with Crippen LogP contribution >= 0.6 is 0 Å². The Labute approximate surface area is 198 Å². The first-order chi connectivity index (χ1) is 16.3. The Kier molecular flexibility index (Phi) is 6.34. The van der Waals surface area contributed by atoms with Crippen LogP contribution in [0.4, 0.5) is 0 Å². The molecule has 1 aromatic heterocycles. The van der Waals surface area contributed by atoms with E-state index in [2.05, 4.69) is 4.98 Å². The van der Waals surface area contributed by atoms with Crippen LogP contribution in [0.1, 0.15) is 22.9 Å². The summed E-state index contributed by atoms with van der Waals surface area (Å²) in [6.45, 7) is 2.82. The molecule has 1 aliphatic rings. The van der Waals surface area contributed by atoms with E-state index in [1.165, 1.54) is 14.2 Å². The molecule has 0 saturated carbocycles. The van der Waals surface area contributed by atoms with Gasteiger partial charge in [-0.05, 0) is 45.3 Å². The molecule has 0 spiro atoms. The fourth-order valence-corrected chi connectivity index (χ4v) is 4.51. The van der Waals surface area contributed by atoms with Gasteiger partial charge in [0.1, 0.15) is 5.76 Å². The van der Waals surface area contributed by atoms with Crippen molar-refractivity contribution in [1.82, 2.24) is 14.8 Å². The van der Waals surface area contributed by atoms with E-state index in [0.29, 0.717) is 30.2 Å². The highest BCUT2D eigenvalue weighted by Crippen LogP contribution is 2.44. The number of benzene rings is 2. The summed E-state index contributed by atoms with van der Waals surface area (Å²) in [4.78, 5) is 33.4. The average Bonchev–Trinajstić information content (AvgIpc) is 3.28. The van der Waals surface area contributed by atoms with E-state index in [0.717, 1.165) is 22.2 Å². The summed E-state index contributed by atoms with van der Waals surface area (Å²) in [5, 5.41) is 12.3. The van der Waals surface area contributed by atoms with Crippen LogP contribution in [0.2, 0.25) is 0 Å². The number of hydrogen-bond acceptors (Lipinski definition) is 6. The largest absolute Gasteiger partial charge is 0.507 e. The van der Waals surface area contributed by atoms with Crippen LogP contribution in [0.3, 0.4) is 0 Å². The number of aliphatic hydroxyl groups is 1. The zero-order chi connectivity index (χ0) is 24.6. The molecule has 3 aromatic rings. The second kappa shape index (κ2) is 9.23. The van der Waals surface area contributed by atoms with E-state index in [9.17, 15) is 14.7 Å². The maximum atomic E-state index is 13.3. The van der Waals surface area contributed by atoms with Crippen molar-refractivity contribution < 1.29 is 24.2 Å². The molecule has 34 heavy (non-hydrogen) atoms. The Morgan fingerprint density at radius 1 is 1.09 bits per heavy atom. The number of para-hydroxylation sites is 1. The van der Waals surface area contributed by atoms with Gasteiger partial charge in [-0.1, -0.05) is 18.2 Å². The highest BCUT2D eigenvalue weighted by atomic mass is 16.5. The van der Waals surface area contributed by atoms with Crippen LogP contribution in [0.25, 0.3) is 16.7 Å². The molecule has 1 atom stereocenters. The Hall–Kier alpha value is -3.78.